The molecular formula is C36H35N7O2. The van der Waals surface area contributed by atoms with E-state index in [4.69, 9.17) is 19.4 Å². The minimum Gasteiger partial charge on any atom is -0.497 e. The Hall–Kier alpha value is -5.57. The molecule has 226 valence electrons. The molecular weight excluding hydrogens is 562 g/mol. The van der Waals surface area contributed by atoms with Crippen molar-refractivity contribution in [2.24, 2.45) is 0 Å². The van der Waals surface area contributed by atoms with Crippen molar-refractivity contribution in [3.63, 3.8) is 0 Å². The van der Waals surface area contributed by atoms with E-state index in [-0.39, 0.29) is 0 Å². The molecule has 6 rings (SSSR count). The summed E-state index contributed by atoms with van der Waals surface area (Å²) >= 11 is 0. The van der Waals surface area contributed by atoms with Crippen molar-refractivity contribution in [3.8, 4) is 22.8 Å². The van der Waals surface area contributed by atoms with Crippen LogP contribution in [0.3, 0.4) is 0 Å². The Kier molecular flexibility index (Phi) is 8.77. The summed E-state index contributed by atoms with van der Waals surface area (Å²) in [5, 5.41) is 5.27. The summed E-state index contributed by atoms with van der Waals surface area (Å²) in [6.45, 7) is 5.32. The second-order valence-electron chi connectivity index (χ2n) is 10.7. The highest BCUT2D eigenvalue weighted by molar-refractivity contribution is 5.96. The number of fused-ring (bicyclic) bond motifs is 1. The molecule has 9 heteroatoms. The number of benzene rings is 2. The maximum absolute atomic E-state index is 5.41. The highest BCUT2D eigenvalue weighted by Gasteiger charge is 2.18. The van der Waals surface area contributed by atoms with Gasteiger partial charge in [0.1, 0.15) is 35.3 Å². The minimum absolute atomic E-state index is 0.621. The average Bonchev–Trinajstić information content (AvgIpc) is 3.08. The molecule has 0 fully saturated rings. The summed E-state index contributed by atoms with van der Waals surface area (Å²) in [4.78, 5) is 25.4. The van der Waals surface area contributed by atoms with Gasteiger partial charge < -0.3 is 19.7 Å². The topological polar surface area (TPSA) is 98.2 Å². The first-order chi connectivity index (χ1) is 22.0. The Balaban J connectivity index is 1.50. The number of nitrogens with zero attached hydrogens (tertiary/aromatic N) is 6. The summed E-state index contributed by atoms with van der Waals surface area (Å²) in [6, 6.07) is 24.4. The molecule has 2 aromatic carbocycles. The van der Waals surface area contributed by atoms with Crippen molar-refractivity contribution in [1.29, 1.82) is 0 Å². The number of hydrogen-bond donors (Lipinski definition) is 1. The van der Waals surface area contributed by atoms with Gasteiger partial charge in [-0.15, -0.1) is 0 Å². The summed E-state index contributed by atoms with van der Waals surface area (Å²) in [5.41, 5.74) is 6.18. The van der Waals surface area contributed by atoms with Crippen molar-refractivity contribution < 1.29 is 9.47 Å². The van der Waals surface area contributed by atoms with Crippen LogP contribution in [0.1, 0.15) is 29.3 Å². The second-order valence-corrected chi connectivity index (χ2v) is 10.7. The van der Waals surface area contributed by atoms with E-state index in [9.17, 15) is 0 Å². The Bertz CT molecular complexity index is 1860. The third-order valence-electron chi connectivity index (χ3n) is 7.69. The number of rotatable bonds is 11. The lowest BCUT2D eigenvalue weighted by Crippen LogP contribution is -2.24. The SMILES string of the molecule is CCc1ccncc1-c1cc2cc(Nc3cc(C)ncn3)ncc2c(N(Cc2ccc(OC)cc2)Cc2ccc(OC)cc2)n1. The normalized spacial score (nSPS) is 10.9. The number of aromatic nitrogens is 5. The zero-order valence-electron chi connectivity index (χ0n) is 25.9. The Morgan fingerprint density at radius 3 is 2.04 bits per heavy atom. The van der Waals surface area contributed by atoms with Gasteiger partial charge in [0.2, 0.25) is 0 Å². The van der Waals surface area contributed by atoms with Crippen LogP contribution in [-0.4, -0.2) is 39.1 Å². The van der Waals surface area contributed by atoms with Crippen LogP contribution in [-0.2, 0) is 19.5 Å². The smallest absolute Gasteiger partial charge is 0.139 e. The second kappa shape index (κ2) is 13.4. The Labute approximate surface area is 263 Å². The maximum Gasteiger partial charge on any atom is 0.139 e. The summed E-state index contributed by atoms with van der Waals surface area (Å²) < 4.78 is 10.8. The molecule has 0 aliphatic rings. The number of pyridine rings is 3. The summed E-state index contributed by atoms with van der Waals surface area (Å²) in [5.74, 6) is 3.83. The molecule has 4 heterocycles. The van der Waals surface area contributed by atoms with Crippen molar-refractivity contribution >= 4 is 28.2 Å². The van der Waals surface area contributed by atoms with E-state index in [1.54, 1.807) is 20.5 Å². The molecule has 0 amide bonds. The van der Waals surface area contributed by atoms with Crippen LogP contribution < -0.4 is 19.7 Å². The standard InChI is InChI=1S/C36H35N7O2/c1-5-27-14-15-37-19-31(27)33-17-28-18-35(42-34-16-24(2)39-23-40-34)38-20-32(28)36(41-33)43(21-25-6-10-29(44-3)11-7-25)22-26-8-12-30(45-4)13-9-26/h6-20,23H,5,21-22H2,1-4H3,(H,38,39,40,42). The molecule has 0 saturated carbocycles. The first-order valence-corrected chi connectivity index (χ1v) is 14.8. The van der Waals surface area contributed by atoms with E-state index in [2.05, 4.69) is 68.5 Å². The van der Waals surface area contributed by atoms with E-state index < -0.39 is 0 Å². The lowest BCUT2D eigenvalue weighted by atomic mass is 10.0. The summed E-state index contributed by atoms with van der Waals surface area (Å²) in [7, 11) is 3.36. The van der Waals surface area contributed by atoms with Gasteiger partial charge in [0.25, 0.3) is 0 Å². The number of methoxy groups -OCH3 is 2. The predicted octanol–water partition coefficient (Wildman–Crippen LogP) is 7.32. The van der Waals surface area contributed by atoms with Crippen LogP contribution in [0, 0.1) is 6.92 Å². The fourth-order valence-electron chi connectivity index (χ4n) is 5.30. The lowest BCUT2D eigenvalue weighted by molar-refractivity contribution is 0.414. The molecule has 0 aliphatic carbocycles. The molecule has 0 spiro atoms. The van der Waals surface area contributed by atoms with Gasteiger partial charge in [-0.05, 0) is 77.9 Å². The zero-order valence-corrected chi connectivity index (χ0v) is 25.9. The van der Waals surface area contributed by atoms with Gasteiger partial charge >= 0.3 is 0 Å². The van der Waals surface area contributed by atoms with Crippen molar-refractivity contribution in [2.45, 2.75) is 33.4 Å². The molecule has 45 heavy (non-hydrogen) atoms. The van der Waals surface area contributed by atoms with Crippen LogP contribution in [0.5, 0.6) is 11.5 Å². The fourth-order valence-corrected chi connectivity index (χ4v) is 5.30. The molecule has 6 aromatic rings. The Morgan fingerprint density at radius 1 is 0.756 bits per heavy atom. The molecule has 4 aromatic heterocycles. The van der Waals surface area contributed by atoms with Crippen LogP contribution in [0.2, 0.25) is 0 Å². The molecule has 0 unspecified atom stereocenters. The van der Waals surface area contributed by atoms with Gasteiger partial charge in [-0.1, -0.05) is 31.2 Å². The molecule has 0 atom stereocenters. The lowest BCUT2D eigenvalue weighted by Gasteiger charge is -2.26. The Morgan fingerprint density at radius 2 is 1.42 bits per heavy atom. The van der Waals surface area contributed by atoms with Crippen LogP contribution in [0.15, 0.2) is 97.7 Å². The van der Waals surface area contributed by atoms with E-state index in [1.807, 2.05) is 61.9 Å². The molecule has 0 saturated heterocycles. The van der Waals surface area contributed by atoms with Crippen LogP contribution >= 0.6 is 0 Å². The first-order valence-electron chi connectivity index (χ1n) is 14.8. The molecule has 0 radical (unpaired) electrons. The maximum atomic E-state index is 5.41. The number of aryl methyl sites for hydroxylation is 2. The number of ether oxygens (including phenoxy) is 2. The van der Waals surface area contributed by atoms with Gasteiger partial charge in [0.15, 0.2) is 0 Å². The van der Waals surface area contributed by atoms with E-state index in [0.717, 1.165) is 62.6 Å². The number of anilines is 3. The number of hydrogen-bond acceptors (Lipinski definition) is 9. The zero-order chi connectivity index (χ0) is 31.2. The number of nitrogens with one attached hydrogen (secondary N) is 1. The third-order valence-corrected chi connectivity index (χ3v) is 7.69. The van der Waals surface area contributed by atoms with Crippen molar-refractivity contribution in [2.75, 3.05) is 24.4 Å². The molecule has 0 aliphatic heterocycles. The average molecular weight is 598 g/mol. The van der Waals surface area contributed by atoms with E-state index >= 15 is 0 Å². The van der Waals surface area contributed by atoms with Crippen molar-refractivity contribution in [3.05, 3.63) is 120 Å². The van der Waals surface area contributed by atoms with Gasteiger partial charge in [-0.25, -0.2) is 19.9 Å². The summed E-state index contributed by atoms with van der Waals surface area (Å²) in [6.07, 6.45) is 8.03. The largest absolute Gasteiger partial charge is 0.497 e. The van der Waals surface area contributed by atoms with Gasteiger partial charge in [0, 0.05) is 54.4 Å². The van der Waals surface area contributed by atoms with Gasteiger partial charge in [0.05, 0.1) is 19.9 Å². The van der Waals surface area contributed by atoms with Gasteiger partial charge in [-0.3, -0.25) is 4.98 Å². The van der Waals surface area contributed by atoms with Crippen molar-refractivity contribution in [1.82, 2.24) is 24.9 Å². The quantitative estimate of drug-likeness (QED) is 0.165. The molecule has 0 bridgehead atoms. The van der Waals surface area contributed by atoms with Gasteiger partial charge in [-0.2, -0.15) is 0 Å². The highest BCUT2D eigenvalue weighted by atomic mass is 16.5. The van der Waals surface area contributed by atoms with Crippen LogP contribution in [0.25, 0.3) is 22.0 Å². The monoisotopic (exact) mass is 597 g/mol. The molecule has 1 N–H and O–H groups in total. The minimum atomic E-state index is 0.621. The van der Waals surface area contributed by atoms with Crippen LogP contribution in [0.4, 0.5) is 17.5 Å². The highest BCUT2D eigenvalue weighted by Crippen LogP contribution is 2.34. The third kappa shape index (κ3) is 6.83. The fraction of sp³-hybridized carbons (Fsp3) is 0.194. The first kappa shape index (κ1) is 29.5. The predicted molar refractivity (Wildman–Crippen MR) is 178 cm³/mol. The van der Waals surface area contributed by atoms with E-state index in [1.165, 1.54) is 5.56 Å². The van der Waals surface area contributed by atoms with E-state index in [0.29, 0.717) is 24.7 Å². The molecule has 9 nitrogen and oxygen atoms in total.